The van der Waals surface area contributed by atoms with Crippen molar-refractivity contribution in [1.82, 2.24) is 0 Å². The summed E-state index contributed by atoms with van der Waals surface area (Å²) in [7, 11) is 0. The van der Waals surface area contributed by atoms with E-state index in [1.54, 1.807) is 6.08 Å². The minimum Gasteiger partial charge on any atom is -0.451 e. The van der Waals surface area contributed by atoms with Gasteiger partial charge in [-0.15, -0.1) is 0 Å². The van der Waals surface area contributed by atoms with Gasteiger partial charge < -0.3 is 9.73 Å². The summed E-state index contributed by atoms with van der Waals surface area (Å²) in [6.45, 7) is 1.94. The lowest BCUT2D eigenvalue weighted by Gasteiger charge is -2.06. The summed E-state index contributed by atoms with van der Waals surface area (Å²) in [4.78, 5) is 11.8. The molecule has 3 nitrogen and oxygen atoms in total. The maximum atomic E-state index is 11.8. The van der Waals surface area contributed by atoms with Gasteiger partial charge in [0.25, 0.3) is 0 Å². The van der Waals surface area contributed by atoms with Gasteiger partial charge in [-0.2, -0.15) is 0 Å². The number of rotatable bonds is 3. The van der Waals surface area contributed by atoms with E-state index in [2.05, 4.69) is 43.8 Å². The van der Waals surface area contributed by atoms with Crippen molar-refractivity contribution in [2.45, 2.75) is 6.92 Å². The highest BCUT2D eigenvalue weighted by Crippen LogP contribution is 2.20. The molecule has 0 fully saturated rings. The zero-order valence-corrected chi connectivity index (χ0v) is 13.9. The lowest BCUT2D eigenvalue weighted by Crippen LogP contribution is -2.08. The zero-order valence-electron chi connectivity index (χ0n) is 10.1. The van der Waals surface area contributed by atoms with Crippen molar-refractivity contribution in [3.63, 3.8) is 0 Å². The molecule has 2 rings (SSSR count). The van der Waals surface area contributed by atoms with E-state index in [0.29, 0.717) is 5.76 Å². The van der Waals surface area contributed by atoms with Gasteiger partial charge in [0.2, 0.25) is 5.91 Å². The van der Waals surface area contributed by atoms with Crippen LogP contribution in [-0.2, 0) is 4.79 Å². The fourth-order valence-electron chi connectivity index (χ4n) is 1.52. The Morgan fingerprint density at radius 1 is 1.37 bits per heavy atom. The van der Waals surface area contributed by atoms with Gasteiger partial charge in [0.05, 0.1) is 0 Å². The minimum atomic E-state index is -0.183. The van der Waals surface area contributed by atoms with Crippen LogP contribution in [0.4, 0.5) is 5.69 Å². The average Bonchev–Trinajstić information content (AvgIpc) is 2.76. The molecule has 98 valence electrons. The number of hydrogen-bond acceptors (Lipinski definition) is 2. The van der Waals surface area contributed by atoms with Crippen molar-refractivity contribution in [2.24, 2.45) is 0 Å². The van der Waals surface area contributed by atoms with E-state index in [-0.39, 0.29) is 5.91 Å². The number of anilines is 1. The highest BCUT2D eigenvalue weighted by molar-refractivity contribution is 14.1. The Hall–Kier alpha value is -1.08. The molecule has 1 N–H and O–H groups in total. The first-order valence-corrected chi connectivity index (χ1v) is 7.42. The third-order valence-electron chi connectivity index (χ3n) is 2.44. The molecule has 0 bridgehead atoms. The van der Waals surface area contributed by atoms with Crippen LogP contribution in [0.25, 0.3) is 6.08 Å². The van der Waals surface area contributed by atoms with E-state index < -0.39 is 0 Å². The van der Waals surface area contributed by atoms with Crippen molar-refractivity contribution in [3.8, 4) is 0 Å². The average molecular weight is 432 g/mol. The van der Waals surface area contributed by atoms with E-state index in [0.717, 1.165) is 19.5 Å². The van der Waals surface area contributed by atoms with Crippen LogP contribution in [0.2, 0.25) is 0 Å². The molecule has 0 saturated heterocycles. The molecule has 0 atom stereocenters. The van der Waals surface area contributed by atoms with Crippen LogP contribution in [0.1, 0.15) is 11.3 Å². The van der Waals surface area contributed by atoms with Crippen LogP contribution in [0.15, 0.2) is 45.3 Å². The zero-order chi connectivity index (χ0) is 13.8. The molecule has 0 radical (unpaired) electrons. The van der Waals surface area contributed by atoms with Crippen molar-refractivity contribution in [1.29, 1.82) is 0 Å². The fourth-order valence-corrected chi connectivity index (χ4v) is 2.43. The molecule has 19 heavy (non-hydrogen) atoms. The monoisotopic (exact) mass is 431 g/mol. The standard InChI is InChI=1S/C14H11BrINO2/c1-9-8-10(15)2-5-12(9)17-14(18)7-4-11-3-6-13(16)19-11/h2-8H,1H3,(H,17,18)/b7-4+. The molecule has 0 unspecified atom stereocenters. The van der Waals surface area contributed by atoms with E-state index in [4.69, 9.17) is 4.42 Å². The number of benzene rings is 1. The number of halogens is 2. The predicted molar refractivity (Wildman–Crippen MR) is 88.0 cm³/mol. The lowest BCUT2D eigenvalue weighted by molar-refractivity contribution is -0.111. The highest BCUT2D eigenvalue weighted by atomic mass is 127. The lowest BCUT2D eigenvalue weighted by atomic mass is 10.2. The molecule has 0 aliphatic heterocycles. The normalized spacial score (nSPS) is 10.9. The summed E-state index contributed by atoms with van der Waals surface area (Å²) in [6.07, 6.45) is 3.10. The van der Waals surface area contributed by atoms with E-state index >= 15 is 0 Å². The van der Waals surface area contributed by atoms with Crippen LogP contribution >= 0.6 is 38.5 Å². The molecule has 1 aromatic heterocycles. The highest BCUT2D eigenvalue weighted by Gasteiger charge is 2.02. The van der Waals surface area contributed by atoms with Crippen molar-refractivity contribution < 1.29 is 9.21 Å². The van der Waals surface area contributed by atoms with Gasteiger partial charge >= 0.3 is 0 Å². The van der Waals surface area contributed by atoms with Crippen LogP contribution in [-0.4, -0.2) is 5.91 Å². The predicted octanol–water partition coefficient (Wildman–Crippen LogP) is 4.61. The first kappa shape index (κ1) is 14.3. The summed E-state index contributed by atoms with van der Waals surface area (Å²) in [5.74, 6) is 0.476. The molecule has 5 heteroatoms. The molecule has 0 aliphatic carbocycles. The topological polar surface area (TPSA) is 42.2 Å². The Kier molecular flexibility index (Phi) is 4.81. The van der Waals surface area contributed by atoms with Gasteiger partial charge in [-0.1, -0.05) is 15.9 Å². The van der Waals surface area contributed by atoms with Gasteiger partial charge in [0.15, 0.2) is 3.77 Å². The van der Waals surface area contributed by atoms with Crippen LogP contribution < -0.4 is 5.32 Å². The fraction of sp³-hybridized carbons (Fsp3) is 0.0714. The van der Waals surface area contributed by atoms with Crippen molar-refractivity contribution in [2.75, 3.05) is 5.32 Å². The molecule has 1 heterocycles. The minimum absolute atomic E-state index is 0.183. The molecule has 0 spiro atoms. The molecule has 1 amide bonds. The third-order valence-corrected chi connectivity index (χ3v) is 3.51. The number of hydrogen-bond donors (Lipinski definition) is 1. The molecular formula is C14H11BrINO2. The summed E-state index contributed by atoms with van der Waals surface area (Å²) >= 11 is 5.46. The molecule has 0 saturated carbocycles. The Morgan fingerprint density at radius 2 is 2.16 bits per heavy atom. The molecule has 2 aromatic rings. The largest absolute Gasteiger partial charge is 0.451 e. The molecular weight excluding hydrogens is 421 g/mol. The van der Waals surface area contributed by atoms with Gasteiger partial charge in [-0.05, 0) is 71.5 Å². The van der Waals surface area contributed by atoms with Gasteiger partial charge in [-0.25, -0.2) is 0 Å². The van der Waals surface area contributed by atoms with Crippen LogP contribution in [0, 0.1) is 10.7 Å². The van der Waals surface area contributed by atoms with E-state index in [1.165, 1.54) is 6.08 Å². The third kappa shape index (κ3) is 4.21. The summed E-state index contributed by atoms with van der Waals surface area (Å²) in [6, 6.07) is 9.36. The Bertz CT molecular complexity index is 634. The number of amides is 1. The number of aryl methyl sites for hydroxylation is 1. The molecule has 1 aromatic carbocycles. The number of carbonyl (C=O) groups excluding carboxylic acids is 1. The molecule has 0 aliphatic rings. The maximum Gasteiger partial charge on any atom is 0.248 e. The van der Waals surface area contributed by atoms with E-state index in [1.807, 2.05) is 37.3 Å². The summed E-state index contributed by atoms with van der Waals surface area (Å²) < 4.78 is 7.12. The van der Waals surface area contributed by atoms with E-state index in [9.17, 15) is 4.79 Å². The maximum absolute atomic E-state index is 11.8. The second-order valence-electron chi connectivity index (χ2n) is 3.92. The van der Waals surface area contributed by atoms with Gasteiger partial charge in [0, 0.05) is 16.2 Å². The number of nitrogens with one attached hydrogen (secondary N) is 1. The Balaban J connectivity index is 2.03. The second kappa shape index (κ2) is 6.38. The SMILES string of the molecule is Cc1cc(Br)ccc1NC(=O)/C=C/c1ccc(I)o1. The van der Waals surface area contributed by atoms with Crippen molar-refractivity contribution >= 4 is 56.2 Å². The number of carbonyl (C=O) groups is 1. The summed E-state index contributed by atoms with van der Waals surface area (Å²) in [5.41, 5.74) is 1.80. The Labute approximate surface area is 133 Å². The quantitative estimate of drug-likeness (QED) is 0.569. The first-order valence-electron chi connectivity index (χ1n) is 5.55. The van der Waals surface area contributed by atoms with Gasteiger partial charge in [0.1, 0.15) is 5.76 Å². The first-order chi connectivity index (χ1) is 9.04. The smallest absolute Gasteiger partial charge is 0.248 e. The van der Waals surface area contributed by atoms with Crippen LogP contribution in [0.5, 0.6) is 0 Å². The second-order valence-corrected chi connectivity index (χ2v) is 5.90. The van der Waals surface area contributed by atoms with Crippen molar-refractivity contribution in [3.05, 3.63) is 56.0 Å². The van der Waals surface area contributed by atoms with Gasteiger partial charge in [-0.3, -0.25) is 4.79 Å². The Morgan fingerprint density at radius 3 is 2.79 bits per heavy atom. The van der Waals surface area contributed by atoms with Crippen LogP contribution in [0.3, 0.4) is 0 Å². The summed E-state index contributed by atoms with van der Waals surface area (Å²) in [5, 5.41) is 2.82. The number of furan rings is 1.